The van der Waals surface area contributed by atoms with E-state index in [1.807, 2.05) is 97.1 Å². The molecule has 16 heteroatoms. The lowest BCUT2D eigenvalue weighted by molar-refractivity contribution is -0.141. The zero-order valence-corrected chi connectivity index (χ0v) is 59.2. The number of hydrogen-bond donors (Lipinski definition) is 0. The van der Waals surface area contributed by atoms with Crippen molar-refractivity contribution >= 4 is 78.7 Å². The lowest BCUT2D eigenvalue weighted by Gasteiger charge is -2.36. The number of esters is 2. The number of carbonyl (C=O) groups excluding carboxylic acids is 6. The van der Waals surface area contributed by atoms with Crippen molar-refractivity contribution in [1.82, 2.24) is 19.8 Å². The molecule has 0 saturated carbocycles. The second-order valence-corrected chi connectivity index (χ2v) is 30.8. The number of ether oxygens (including phenoxy) is 6. The van der Waals surface area contributed by atoms with E-state index < -0.39 is 59.5 Å². The molecule has 0 N–H and O–H groups in total. The van der Waals surface area contributed by atoms with Crippen LogP contribution in [0.4, 0.5) is 0 Å². The van der Waals surface area contributed by atoms with Gasteiger partial charge in [0, 0.05) is 55.5 Å². The van der Waals surface area contributed by atoms with Crippen molar-refractivity contribution in [3.05, 3.63) is 215 Å². The Morgan fingerprint density at radius 2 is 0.570 bits per heavy atom. The molecule has 9 aromatic carbocycles. The van der Waals surface area contributed by atoms with Gasteiger partial charge in [-0.3, -0.25) is 38.9 Å². The molecule has 2 unspecified atom stereocenters. The Balaban J connectivity index is 1.21. The molecule has 0 saturated heterocycles. The number of hydrogen-bond acceptors (Lipinski definition) is 14. The monoisotopic (exact) mass is 1340 g/mol. The largest absolute Gasteiger partial charge is 0.457 e. The minimum Gasteiger partial charge on any atom is -0.457 e. The Morgan fingerprint density at radius 1 is 0.330 bits per heavy atom. The highest BCUT2D eigenvalue weighted by molar-refractivity contribution is 6.45. The van der Waals surface area contributed by atoms with Crippen LogP contribution >= 0.6 is 0 Å². The zero-order valence-electron chi connectivity index (χ0n) is 59.2. The molecule has 0 spiro atoms. The zero-order chi connectivity index (χ0) is 71.4. The van der Waals surface area contributed by atoms with Gasteiger partial charge in [-0.15, -0.1) is 0 Å². The molecule has 0 fully saturated rings. The first-order valence-corrected chi connectivity index (χ1v) is 33.8. The summed E-state index contributed by atoms with van der Waals surface area (Å²) < 4.78 is 41.1. The van der Waals surface area contributed by atoms with Gasteiger partial charge in [0.25, 0.3) is 23.6 Å². The third kappa shape index (κ3) is 12.3. The molecule has 2 aromatic heterocycles. The molecule has 16 nitrogen and oxygen atoms in total. The Bertz CT molecular complexity index is 4530. The topological polar surface area (TPSA) is 190 Å². The van der Waals surface area contributed by atoms with Gasteiger partial charge in [-0.05, 0) is 153 Å². The molecule has 100 heavy (non-hydrogen) atoms. The molecule has 0 bridgehead atoms. The van der Waals surface area contributed by atoms with Crippen LogP contribution in [0, 0.1) is 11.8 Å². The fraction of sp³-hybridized carbons (Fsp3) is 0.286. The average molecular weight is 1340 g/mol. The van der Waals surface area contributed by atoms with Gasteiger partial charge < -0.3 is 28.4 Å². The summed E-state index contributed by atoms with van der Waals surface area (Å²) in [6.45, 7) is 32.2. The number of pyridine rings is 2. The van der Waals surface area contributed by atoms with Crippen molar-refractivity contribution in [2.75, 3.05) is 0 Å². The first-order valence-electron chi connectivity index (χ1n) is 33.8. The number of rotatable bonds is 16. The third-order valence-corrected chi connectivity index (χ3v) is 18.8. The molecule has 11 aromatic rings. The number of imide groups is 2. The van der Waals surface area contributed by atoms with Crippen molar-refractivity contribution in [1.29, 1.82) is 0 Å². The number of aromatic nitrogens is 2. The number of benzene rings is 9. The van der Waals surface area contributed by atoms with Gasteiger partial charge >= 0.3 is 11.9 Å². The highest BCUT2D eigenvalue weighted by atomic mass is 16.5. The summed E-state index contributed by atoms with van der Waals surface area (Å²) in [6.07, 6.45) is 5.81. The van der Waals surface area contributed by atoms with Gasteiger partial charge in [0.15, 0.2) is 0 Å². The van der Waals surface area contributed by atoms with Gasteiger partial charge in [0.1, 0.15) is 69.6 Å². The highest BCUT2D eigenvalue weighted by Crippen LogP contribution is 2.58. The van der Waals surface area contributed by atoms with Gasteiger partial charge in [0.2, 0.25) is 0 Å². The number of nitrogens with zero attached hydrogens (tertiary/aromatic N) is 4. The van der Waals surface area contributed by atoms with E-state index in [1.165, 1.54) is 24.8 Å². The van der Waals surface area contributed by atoms with Crippen LogP contribution < -0.4 is 28.4 Å². The fourth-order valence-electron chi connectivity index (χ4n) is 13.5. The minimum absolute atomic E-state index is 0.00904. The number of amides is 4. The summed E-state index contributed by atoms with van der Waals surface area (Å²) in [5.74, 6) is -4.44. The molecule has 2 aliphatic rings. The first-order chi connectivity index (χ1) is 47.3. The minimum atomic E-state index is -1.48. The van der Waals surface area contributed by atoms with Crippen molar-refractivity contribution < 1.29 is 57.2 Å². The van der Waals surface area contributed by atoms with Crippen molar-refractivity contribution in [2.24, 2.45) is 11.8 Å². The maximum absolute atomic E-state index is 16.3. The molecule has 13 rings (SSSR count). The van der Waals surface area contributed by atoms with E-state index in [2.05, 4.69) is 93.1 Å². The molecule has 2 aliphatic heterocycles. The van der Waals surface area contributed by atoms with Crippen LogP contribution in [0.25, 0.3) is 43.1 Å². The Morgan fingerprint density at radius 3 is 0.770 bits per heavy atom. The summed E-state index contributed by atoms with van der Waals surface area (Å²) >= 11 is 0. The third-order valence-electron chi connectivity index (χ3n) is 18.8. The van der Waals surface area contributed by atoms with E-state index in [-0.39, 0.29) is 122 Å². The summed E-state index contributed by atoms with van der Waals surface area (Å²) in [5, 5.41) is 2.06. The second kappa shape index (κ2) is 25.1. The summed E-state index contributed by atoms with van der Waals surface area (Å²) in [4.78, 5) is 105. The van der Waals surface area contributed by atoms with Gasteiger partial charge in [-0.1, -0.05) is 159 Å². The highest BCUT2D eigenvalue weighted by Gasteiger charge is 2.48. The molecule has 4 amide bonds. The van der Waals surface area contributed by atoms with E-state index in [9.17, 15) is 9.59 Å². The Labute approximate surface area is 581 Å². The quantitative estimate of drug-likeness (QED) is 0.0384. The van der Waals surface area contributed by atoms with Gasteiger partial charge in [-0.2, -0.15) is 0 Å². The fourth-order valence-corrected chi connectivity index (χ4v) is 13.5. The molecular weight excluding hydrogens is 1260 g/mol. The van der Waals surface area contributed by atoms with Crippen molar-refractivity contribution in [3.8, 4) is 57.5 Å². The van der Waals surface area contributed by atoms with E-state index in [0.29, 0.717) is 23.0 Å². The molecule has 2 atom stereocenters. The average Bonchev–Trinajstić information content (AvgIpc) is 0.671. The molecule has 508 valence electrons. The SMILES string of the molecule is CC(C)C(C(=O)Oc1cccnc1)N1C(=O)c2cc(Oc3ccc(C(C)(C)C)cc3)c3c4c(Oc5ccc(C(C)(C)C)cc5)cc5c6c(cc(Oc7ccc(C(C)(C)C)cc7)c(c7c(Oc8ccc(C(C)(C)C)cc8)cc(c2c37)C1=O)c64)C(=O)N(C(C(=O)Oc1cccnc1)C(C)C)C5=O. The van der Waals surface area contributed by atoms with Gasteiger partial charge in [0.05, 0.1) is 34.6 Å². The van der Waals surface area contributed by atoms with Crippen molar-refractivity contribution in [3.63, 3.8) is 0 Å². The number of carbonyl (C=O) groups is 6. The summed E-state index contributed by atoms with van der Waals surface area (Å²) in [5.41, 5.74) is 2.97. The molecule has 4 heterocycles. The van der Waals surface area contributed by atoms with Crippen LogP contribution in [-0.4, -0.2) is 67.4 Å². The van der Waals surface area contributed by atoms with Gasteiger partial charge in [-0.25, -0.2) is 9.59 Å². The van der Waals surface area contributed by atoms with Crippen LogP contribution in [0.5, 0.6) is 57.5 Å². The predicted octanol–water partition coefficient (Wildman–Crippen LogP) is 19.3. The maximum Gasteiger partial charge on any atom is 0.335 e. The predicted molar refractivity (Wildman–Crippen MR) is 387 cm³/mol. The smallest absolute Gasteiger partial charge is 0.335 e. The molecule has 0 radical (unpaired) electrons. The van der Waals surface area contributed by atoms with Crippen LogP contribution in [0.1, 0.15) is 174 Å². The lowest BCUT2D eigenvalue weighted by atomic mass is 9.80. The van der Waals surface area contributed by atoms with E-state index in [4.69, 9.17) is 28.4 Å². The summed E-state index contributed by atoms with van der Waals surface area (Å²) in [7, 11) is 0. The van der Waals surface area contributed by atoms with E-state index >= 15 is 19.2 Å². The van der Waals surface area contributed by atoms with Crippen LogP contribution in [0.2, 0.25) is 0 Å². The molecular formula is C84H80N4O12. The second-order valence-electron chi connectivity index (χ2n) is 30.8. The van der Waals surface area contributed by atoms with E-state index in [1.54, 1.807) is 76.2 Å². The first kappa shape index (κ1) is 67.6. The standard InChI is InChI=1S/C84H80N4O12/c1-45(2)73(79(93)99-55-19-17-37-85-43-55)87-75(89)57-39-61(95-51-29-21-47(22-30-51)81(5,6)7)67-69-63(97-53-33-25-49(26-34-53)83(11,12)13)41-59-66-60(78(92)88(77(59)91)74(46(3)4)80(94)100-56-20-18-38-86-44-56)42-64(98-54-35-27-50(28-36-54)84(14,15)16)70(72(66)69)68-62(40-58(76(87)90)65(57)71(67)68)96-52-31-23-48(24-32-52)82(8,9)10/h17-46,73-74H,1-16H3. The Kier molecular flexibility index (Phi) is 16.9. The Hall–Kier alpha value is -11.0. The van der Waals surface area contributed by atoms with Crippen LogP contribution in [-0.2, 0) is 31.2 Å². The maximum atomic E-state index is 16.3. The van der Waals surface area contributed by atoms with E-state index in [0.717, 1.165) is 32.1 Å². The van der Waals surface area contributed by atoms with Crippen LogP contribution in [0.15, 0.2) is 170 Å². The number of fused-ring (bicyclic) bond motifs is 2. The van der Waals surface area contributed by atoms with Crippen LogP contribution in [0.3, 0.4) is 0 Å². The normalized spacial score (nSPS) is 14.2. The lowest BCUT2D eigenvalue weighted by Crippen LogP contribution is -2.54. The van der Waals surface area contributed by atoms with Crippen molar-refractivity contribution in [2.45, 2.75) is 145 Å². The summed E-state index contributed by atoms with van der Waals surface area (Å²) in [6, 6.07) is 40.1. The molecule has 0 aliphatic carbocycles.